The second-order valence-electron chi connectivity index (χ2n) is 7.86. The molecule has 0 radical (unpaired) electrons. The number of anilines is 1. The van der Waals surface area contributed by atoms with E-state index in [0.29, 0.717) is 37.2 Å². The molecule has 1 aromatic heterocycles. The summed E-state index contributed by atoms with van der Waals surface area (Å²) in [5.74, 6) is 1.66. The molecule has 4 rings (SSSR count). The van der Waals surface area contributed by atoms with Gasteiger partial charge in [-0.05, 0) is 49.5 Å². The van der Waals surface area contributed by atoms with Gasteiger partial charge in [-0.3, -0.25) is 14.6 Å². The number of nitrogens with one attached hydrogen (secondary N) is 1. The Morgan fingerprint density at radius 1 is 1.10 bits per heavy atom. The van der Waals surface area contributed by atoms with Gasteiger partial charge in [0.25, 0.3) is 0 Å². The lowest BCUT2D eigenvalue weighted by Gasteiger charge is -2.33. The number of benzene rings is 1. The summed E-state index contributed by atoms with van der Waals surface area (Å²) in [6, 6.07) is 13.1. The standard InChI is InChI=1S/C23H28N4O4/c28-22-15-26(23(29)31-17-18-4-2-1-3-5-18)12-13-27(22)21-7-6-20(14-25-21)30-16-19-8-10-24-11-9-19/h1-7,14,19,24H,8-13,15-17H2. The smallest absolute Gasteiger partial charge is 0.410 e. The Bertz CT molecular complexity index is 869. The van der Waals surface area contributed by atoms with Gasteiger partial charge in [0.2, 0.25) is 5.91 Å². The molecule has 0 saturated carbocycles. The number of hydrogen-bond donors (Lipinski definition) is 1. The molecule has 1 N–H and O–H groups in total. The fourth-order valence-corrected chi connectivity index (χ4v) is 3.76. The number of piperidine rings is 1. The lowest BCUT2D eigenvalue weighted by molar-refractivity contribution is -0.121. The maximum atomic E-state index is 12.6. The highest BCUT2D eigenvalue weighted by atomic mass is 16.6. The molecule has 8 heteroatoms. The Morgan fingerprint density at radius 3 is 2.61 bits per heavy atom. The van der Waals surface area contributed by atoms with Crippen molar-refractivity contribution in [3.05, 3.63) is 54.2 Å². The zero-order valence-electron chi connectivity index (χ0n) is 17.5. The van der Waals surface area contributed by atoms with Crippen LogP contribution in [0.3, 0.4) is 0 Å². The van der Waals surface area contributed by atoms with Crippen LogP contribution in [0.2, 0.25) is 0 Å². The Kier molecular flexibility index (Phi) is 6.99. The summed E-state index contributed by atoms with van der Waals surface area (Å²) in [4.78, 5) is 32.3. The van der Waals surface area contributed by atoms with Crippen molar-refractivity contribution in [3.8, 4) is 5.75 Å². The van der Waals surface area contributed by atoms with Gasteiger partial charge < -0.3 is 14.8 Å². The largest absolute Gasteiger partial charge is 0.492 e. The van der Waals surface area contributed by atoms with Crippen LogP contribution >= 0.6 is 0 Å². The Morgan fingerprint density at radius 2 is 1.90 bits per heavy atom. The molecule has 2 aliphatic rings. The molecular weight excluding hydrogens is 396 g/mol. The molecule has 2 fully saturated rings. The van der Waals surface area contributed by atoms with Crippen molar-refractivity contribution in [2.45, 2.75) is 19.4 Å². The van der Waals surface area contributed by atoms with Crippen LogP contribution in [-0.2, 0) is 16.1 Å². The number of aromatic nitrogens is 1. The minimum Gasteiger partial charge on any atom is -0.492 e. The van der Waals surface area contributed by atoms with E-state index < -0.39 is 6.09 Å². The average molecular weight is 425 g/mol. The van der Waals surface area contributed by atoms with Crippen LogP contribution in [0.15, 0.2) is 48.7 Å². The second kappa shape index (κ2) is 10.3. The summed E-state index contributed by atoms with van der Waals surface area (Å²) in [5.41, 5.74) is 0.910. The second-order valence-corrected chi connectivity index (χ2v) is 7.86. The number of piperazine rings is 1. The van der Waals surface area contributed by atoms with Crippen molar-refractivity contribution in [2.75, 3.05) is 44.2 Å². The number of hydrogen-bond acceptors (Lipinski definition) is 6. The first-order valence-electron chi connectivity index (χ1n) is 10.7. The van der Waals surface area contributed by atoms with Gasteiger partial charge in [0, 0.05) is 13.1 Å². The van der Waals surface area contributed by atoms with Crippen molar-refractivity contribution >= 4 is 17.8 Å². The van der Waals surface area contributed by atoms with E-state index in [-0.39, 0.29) is 19.1 Å². The topological polar surface area (TPSA) is 84.0 Å². The fraction of sp³-hybridized carbons (Fsp3) is 0.435. The van der Waals surface area contributed by atoms with E-state index in [0.717, 1.165) is 31.5 Å². The van der Waals surface area contributed by atoms with Crippen molar-refractivity contribution in [2.24, 2.45) is 5.92 Å². The SMILES string of the molecule is O=C(OCc1ccccc1)N1CCN(c2ccc(OCC3CCNCC3)cn2)C(=O)C1. The maximum absolute atomic E-state index is 12.6. The summed E-state index contributed by atoms with van der Waals surface area (Å²) in [5, 5.41) is 3.35. The summed E-state index contributed by atoms with van der Waals surface area (Å²) >= 11 is 0. The third-order valence-corrected chi connectivity index (χ3v) is 5.63. The van der Waals surface area contributed by atoms with Gasteiger partial charge in [0.1, 0.15) is 24.7 Å². The molecule has 1 aromatic carbocycles. The van der Waals surface area contributed by atoms with Crippen molar-refractivity contribution in [1.82, 2.24) is 15.2 Å². The zero-order chi connectivity index (χ0) is 21.5. The Balaban J connectivity index is 1.25. The molecule has 3 heterocycles. The van der Waals surface area contributed by atoms with E-state index >= 15 is 0 Å². The summed E-state index contributed by atoms with van der Waals surface area (Å²) < 4.78 is 11.2. The summed E-state index contributed by atoms with van der Waals surface area (Å²) in [6.07, 6.45) is 3.42. The highest BCUT2D eigenvalue weighted by Crippen LogP contribution is 2.20. The molecule has 0 aliphatic carbocycles. The van der Waals surface area contributed by atoms with Gasteiger partial charge in [0.05, 0.1) is 12.8 Å². The molecule has 2 amide bonds. The average Bonchev–Trinajstić information content (AvgIpc) is 2.83. The van der Waals surface area contributed by atoms with Gasteiger partial charge in [0.15, 0.2) is 0 Å². The van der Waals surface area contributed by atoms with E-state index in [1.165, 1.54) is 4.90 Å². The first-order chi connectivity index (χ1) is 15.2. The molecule has 0 atom stereocenters. The highest BCUT2D eigenvalue weighted by molar-refractivity contribution is 5.96. The number of pyridine rings is 1. The van der Waals surface area contributed by atoms with Crippen LogP contribution in [0.5, 0.6) is 5.75 Å². The quantitative estimate of drug-likeness (QED) is 0.767. The number of rotatable bonds is 6. The van der Waals surface area contributed by atoms with E-state index in [2.05, 4.69) is 10.3 Å². The molecule has 2 aromatic rings. The molecule has 2 aliphatic heterocycles. The number of carbonyl (C=O) groups is 2. The van der Waals surface area contributed by atoms with Crippen LogP contribution in [0.25, 0.3) is 0 Å². The molecular formula is C23H28N4O4. The van der Waals surface area contributed by atoms with Gasteiger partial charge in [-0.2, -0.15) is 0 Å². The van der Waals surface area contributed by atoms with Crippen molar-refractivity contribution < 1.29 is 19.1 Å². The number of ether oxygens (including phenoxy) is 2. The summed E-state index contributed by atoms with van der Waals surface area (Å²) in [6.45, 7) is 3.71. The van der Waals surface area contributed by atoms with Crippen molar-refractivity contribution in [1.29, 1.82) is 0 Å². The monoisotopic (exact) mass is 424 g/mol. The Labute approximate surface area is 182 Å². The normalized spacial score (nSPS) is 17.5. The summed E-state index contributed by atoms with van der Waals surface area (Å²) in [7, 11) is 0. The fourth-order valence-electron chi connectivity index (χ4n) is 3.76. The third-order valence-electron chi connectivity index (χ3n) is 5.63. The number of amides is 2. The lowest BCUT2D eigenvalue weighted by atomic mass is 9.99. The zero-order valence-corrected chi connectivity index (χ0v) is 17.5. The first kappa shape index (κ1) is 21.1. The predicted octanol–water partition coefficient (Wildman–Crippen LogP) is 2.45. The predicted molar refractivity (Wildman–Crippen MR) is 116 cm³/mol. The van der Waals surface area contributed by atoms with Gasteiger partial charge >= 0.3 is 6.09 Å². The first-order valence-corrected chi connectivity index (χ1v) is 10.7. The van der Waals surface area contributed by atoms with Crippen LogP contribution in [-0.4, -0.2) is 61.2 Å². The minimum atomic E-state index is -0.480. The minimum absolute atomic E-state index is 0.0245. The molecule has 8 nitrogen and oxygen atoms in total. The van der Waals surface area contributed by atoms with Crippen molar-refractivity contribution in [3.63, 3.8) is 0 Å². The van der Waals surface area contributed by atoms with Gasteiger partial charge in [-0.15, -0.1) is 0 Å². The van der Waals surface area contributed by atoms with Crippen LogP contribution in [0, 0.1) is 5.92 Å². The van der Waals surface area contributed by atoms with E-state index in [1.807, 2.05) is 36.4 Å². The number of nitrogens with zero attached hydrogens (tertiary/aromatic N) is 3. The van der Waals surface area contributed by atoms with Gasteiger partial charge in [-0.25, -0.2) is 9.78 Å². The highest BCUT2D eigenvalue weighted by Gasteiger charge is 2.29. The lowest BCUT2D eigenvalue weighted by Crippen LogP contribution is -2.52. The molecule has 164 valence electrons. The van der Waals surface area contributed by atoms with Crippen LogP contribution in [0.4, 0.5) is 10.6 Å². The van der Waals surface area contributed by atoms with Crippen LogP contribution in [0.1, 0.15) is 18.4 Å². The van der Waals surface area contributed by atoms with E-state index in [4.69, 9.17) is 9.47 Å². The van der Waals surface area contributed by atoms with Gasteiger partial charge in [-0.1, -0.05) is 30.3 Å². The Hall–Kier alpha value is -3.13. The van der Waals surface area contributed by atoms with E-state index in [9.17, 15) is 9.59 Å². The number of carbonyl (C=O) groups excluding carboxylic acids is 2. The maximum Gasteiger partial charge on any atom is 0.410 e. The molecule has 31 heavy (non-hydrogen) atoms. The van der Waals surface area contributed by atoms with Crippen LogP contribution < -0.4 is 15.0 Å². The molecule has 0 bridgehead atoms. The third kappa shape index (κ3) is 5.73. The molecule has 2 saturated heterocycles. The molecule has 0 spiro atoms. The molecule has 0 unspecified atom stereocenters. The van der Waals surface area contributed by atoms with E-state index in [1.54, 1.807) is 17.2 Å².